The summed E-state index contributed by atoms with van der Waals surface area (Å²) in [7, 11) is 0. The highest BCUT2D eigenvalue weighted by Crippen LogP contribution is 2.14. The Kier molecular flexibility index (Phi) is 4.92. The maximum absolute atomic E-state index is 12.4. The number of benzene rings is 1. The van der Waals surface area contributed by atoms with Gasteiger partial charge in [0, 0.05) is 11.9 Å². The predicted octanol–water partition coefficient (Wildman–Crippen LogP) is 1.48. The van der Waals surface area contributed by atoms with Gasteiger partial charge in [-0.2, -0.15) is 5.10 Å². The molecule has 1 atom stereocenters. The van der Waals surface area contributed by atoms with E-state index in [0.29, 0.717) is 23.7 Å². The molecule has 0 radical (unpaired) electrons. The van der Waals surface area contributed by atoms with Crippen LogP contribution < -0.4 is 10.9 Å². The Hall–Kier alpha value is -2.21. The first-order valence-electron chi connectivity index (χ1n) is 7.39. The van der Waals surface area contributed by atoms with Gasteiger partial charge in [0.05, 0.1) is 17.5 Å². The van der Waals surface area contributed by atoms with E-state index in [9.17, 15) is 14.7 Å². The van der Waals surface area contributed by atoms with Crippen LogP contribution in [0, 0.1) is 0 Å². The van der Waals surface area contributed by atoms with Crippen molar-refractivity contribution in [1.82, 2.24) is 15.1 Å². The van der Waals surface area contributed by atoms with E-state index in [-0.39, 0.29) is 23.2 Å². The number of hydrogen-bond donors (Lipinski definition) is 2. The molecule has 0 saturated heterocycles. The Morgan fingerprint density at radius 1 is 1.27 bits per heavy atom. The number of nitrogens with one attached hydrogen (secondary N) is 1. The second-order valence-electron chi connectivity index (χ2n) is 5.63. The summed E-state index contributed by atoms with van der Waals surface area (Å²) in [5, 5.41) is 17.2. The number of carbonyl (C=O) groups is 1. The number of aliphatic hydroxyl groups excluding tert-OH is 1. The largest absolute Gasteiger partial charge is 0.393 e. The molecule has 1 aromatic carbocycles. The van der Waals surface area contributed by atoms with Crippen LogP contribution in [0.1, 0.15) is 43.7 Å². The van der Waals surface area contributed by atoms with Gasteiger partial charge >= 0.3 is 0 Å². The van der Waals surface area contributed by atoms with Gasteiger partial charge in [0.1, 0.15) is 0 Å². The van der Waals surface area contributed by atoms with E-state index in [1.807, 2.05) is 13.8 Å². The fourth-order valence-electron chi connectivity index (χ4n) is 2.20. The number of nitrogens with zero attached hydrogens (tertiary/aromatic N) is 2. The number of amides is 1. The molecule has 0 saturated carbocycles. The summed E-state index contributed by atoms with van der Waals surface area (Å²) in [6.45, 7) is 5.71. The van der Waals surface area contributed by atoms with Crippen molar-refractivity contribution in [2.75, 3.05) is 6.54 Å². The maximum Gasteiger partial charge on any atom is 0.274 e. The highest BCUT2D eigenvalue weighted by atomic mass is 16.3. The van der Waals surface area contributed by atoms with Crippen molar-refractivity contribution < 1.29 is 9.90 Å². The minimum Gasteiger partial charge on any atom is -0.393 e. The van der Waals surface area contributed by atoms with Gasteiger partial charge in [0.15, 0.2) is 5.69 Å². The summed E-state index contributed by atoms with van der Waals surface area (Å²) in [4.78, 5) is 24.7. The van der Waals surface area contributed by atoms with Crippen LogP contribution in [-0.2, 0) is 0 Å². The first kappa shape index (κ1) is 16.2. The first-order chi connectivity index (χ1) is 10.4. The maximum atomic E-state index is 12.4. The SMILES string of the molecule is CC(O)CCNC(=O)c1nn(C(C)C)c(=O)c2ccccc12. The van der Waals surface area contributed by atoms with Crippen molar-refractivity contribution in [2.45, 2.75) is 39.3 Å². The molecular weight excluding hydrogens is 282 g/mol. The average molecular weight is 303 g/mol. The van der Waals surface area contributed by atoms with Gasteiger partial charge in [-0.25, -0.2) is 4.68 Å². The van der Waals surface area contributed by atoms with Gasteiger partial charge in [0.25, 0.3) is 11.5 Å². The number of rotatable bonds is 5. The smallest absolute Gasteiger partial charge is 0.274 e. The minimum atomic E-state index is -0.477. The highest BCUT2D eigenvalue weighted by Gasteiger charge is 2.17. The standard InChI is InChI=1S/C16H21N3O3/c1-10(2)19-16(22)13-7-5-4-6-12(13)14(18-19)15(21)17-9-8-11(3)20/h4-7,10-11,20H,8-9H2,1-3H3,(H,17,21). The quantitative estimate of drug-likeness (QED) is 0.876. The predicted molar refractivity (Wildman–Crippen MR) is 85.0 cm³/mol. The molecule has 0 bridgehead atoms. The summed E-state index contributed by atoms with van der Waals surface area (Å²) in [6, 6.07) is 6.82. The number of fused-ring (bicyclic) bond motifs is 1. The number of carbonyl (C=O) groups excluding carboxylic acids is 1. The Balaban J connectivity index is 2.46. The fourth-order valence-corrected chi connectivity index (χ4v) is 2.20. The number of aromatic nitrogens is 2. The van der Waals surface area contributed by atoms with Gasteiger partial charge in [-0.1, -0.05) is 18.2 Å². The molecule has 1 amide bonds. The molecule has 1 aromatic heterocycles. The zero-order valence-electron chi connectivity index (χ0n) is 13.0. The third-order valence-corrected chi connectivity index (χ3v) is 3.38. The number of hydrogen-bond acceptors (Lipinski definition) is 4. The molecule has 118 valence electrons. The van der Waals surface area contributed by atoms with Crippen molar-refractivity contribution in [3.8, 4) is 0 Å². The van der Waals surface area contributed by atoms with Gasteiger partial charge in [-0.3, -0.25) is 9.59 Å². The van der Waals surface area contributed by atoms with Gasteiger partial charge in [-0.15, -0.1) is 0 Å². The normalized spacial score (nSPS) is 12.6. The lowest BCUT2D eigenvalue weighted by Crippen LogP contribution is -2.32. The van der Waals surface area contributed by atoms with Crippen molar-refractivity contribution in [3.63, 3.8) is 0 Å². The van der Waals surface area contributed by atoms with Crippen LogP contribution >= 0.6 is 0 Å². The van der Waals surface area contributed by atoms with Gasteiger partial charge < -0.3 is 10.4 Å². The van der Waals surface area contributed by atoms with E-state index >= 15 is 0 Å². The van der Waals surface area contributed by atoms with Crippen LogP contribution in [0.4, 0.5) is 0 Å². The Morgan fingerprint density at radius 2 is 1.91 bits per heavy atom. The van der Waals surface area contributed by atoms with E-state index in [1.165, 1.54) is 4.68 Å². The van der Waals surface area contributed by atoms with Crippen molar-refractivity contribution in [2.24, 2.45) is 0 Å². The summed E-state index contributed by atoms with van der Waals surface area (Å²) >= 11 is 0. The Labute approximate surface area is 128 Å². The lowest BCUT2D eigenvalue weighted by atomic mass is 10.1. The van der Waals surface area contributed by atoms with E-state index in [4.69, 9.17) is 0 Å². The second-order valence-corrected chi connectivity index (χ2v) is 5.63. The third-order valence-electron chi connectivity index (χ3n) is 3.38. The zero-order valence-corrected chi connectivity index (χ0v) is 13.0. The zero-order chi connectivity index (χ0) is 16.3. The molecule has 0 spiro atoms. The van der Waals surface area contributed by atoms with Crippen LogP contribution in [0.5, 0.6) is 0 Å². The lowest BCUT2D eigenvalue weighted by molar-refractivity contribution is 0.0940. The second kappa shape index (κ2) is 6.70. The molecule has 22 heavy (non-hydrogen) atoms. The van der Waals surface area contributed by atoms with Crippen molar-refractivity contribution in [3.05, 3.63) is 40.3 Å². The Morgan fingerprint density at radius 3 is 2.50 bits per heavy atom. The molecule has 2 rings (SSSR count). The molecule has 0 aliphatic heterocycles. The first-order valence-corrected chi connectivity index (χ1v) is 7.39. The summed E-state index contributed by atoms with van der Waals surface area (Å²) in [5.74, 6) is -0.341. The fraction of sp³-hybridized carbons (Fsp3) is 0.438. The van der Waals surface area contributed by atoms with E-state index in [2.05, 4.69) is 10.4 Å². The van der Waals surface area contributed by atoms with E-state index in [1.54, 1.807) is 31.2 Å². The molecule has 6 heteroatoms. The molecule has 0 aliphatic rings. The lowest BCUT2D eigenvalue weighted by Gasteiger charge is -2.13. The molecule has 1 heterocycles. The van der Waals surface area contributed by atoms with Crippen molar-refractivity contribution >= 4 is 16.7 Å². The monoisotopic (exact) mass is 303 g/mol. The summed E-state index contributed by atoms with van der Waals surface area (Å²) in [5.41, 5.74) is 0.0284. The topological polar surface area (TPSA) is 84.2 Å². The molecule has 1 unspecified atom stereocenters. The third kappa shape index (κ3) is 3.33. The van der Waals surface area contributed by atoms with Crippen molar-refractivity contribution in [1.29, 1.82) is 0 Å². The molecule has 0 fully saturated rings. The summed E-state index contributed by atoms with van der Waals surface area (Å²) < 4.78 is 1.33. The Bertz CT molecular complexity index is 735. The van der Waals surface area contributed by atoms with Crippen LogP contribution in [0.3, 0.4) is 0 Å². The van der Waals surface area contributed by atoms with E-state index in [0.717, 1.165) is 0 Å². The van der Waals surface area contributed by atoms with Gasteiger partial charge in [0.2, 0.25) is 0 Å². The molecule has 6 nitrogen and oxygen atoms in total. The molecule has 2 N–H and O–H groups in total. The summed E-state index contributed by atoms with van der Waals surface area (Å²) in [6.07, 6.45) is -0.0114. The molecular formula is C16H21N3O3. The molecule has 0 aliphatic carbocycles. The molecule has 2 aromatic rings. The minimum absolute atomic E-state index is 0.138. The number of aliphatic hydroxyl groups is 1. The average Bonchev–Trinajstić information content (AvgIpc) is 2.47. The highest BCUT2D eigenvalue weighted by molar-refractivity contribution is 6.04. The van der Waals surface area contributed by atoms with Crippen LogP contribution in [-0.4, -0.2) is 33.4 Å². The van der Waals surface area contributed by atoms with Crippen LogP contribution in [0.2, 0.25) is 0 Å². The van der Waals surface area contributed by atoms with Gasteiger partial charge in [-0.05, 0) is 33.3 Å². The van der Waals surface area contributed by atoms with Crippen LogP contribution in [0.15, 0.2) is 29.1 Å². The van der Waals surface area contributed by atoms with E-state index < -0.39 is 6.10 Å². The van der Waals surface area contributed by atoms with Crippen LogP contribution in [0.25, 0.3) is 10.8 Å².